The number of carbonyl (C=O) groups is 2. The fourth-order valence-electron chi connectivity index (χ4n) is 3.85. The molecule has 2 aromatic rings. The summed E-state index contributed by atoms with van der Waals surface area (Å²) in [5, 5.41) is 16.8. The van der Waals surface area contributed by atoms with Crippen molar-refractivity contribution in [3.8, 4) is 0 Å². The molecule has 7 heteroatoms. The Morgan fingerprint density at radius 3 is 2.59 bits per heavy atom. The molecule has 1 atom stereocenters. The summed E-state index contributed by atoms with van der Waals surface area (Å²) in [7, 11) is 0. The Labute approximate surface area is 170 Å². The molecule has 0 spiro atoms. The Morgan fingerprint density at radius 2 is 1.86 bits per heavy atom. The van der Waals surface area contributed by atoms with Crippen LogP contribution in [0.4, 0.5) is 11.4 Å². The van der Waals surface area contributed by atoms with E-state index in [0.717, 1.165) is 37.1 Å². The maximum absolute atomic E-state index is 12.9. The van der Waals surface area contributed by atoms with Crippen LogP contribution >= 0.6 is 0 Å². The SMILES string of the molecule is O=C(N[C@@H](CC1CCCC1)C(=O)NC1CC1)c1cccc(Nc2ccnnc2)c1. The van der Waals surface area contributed by atoms with Gasteiger partial charge in [0, 0.05) is 17.3 Å². The van der Waals surface area contributed by atoms with E-state index >= 15 is 0 Å². The second-order valence-corrected chi connectivity index (χ2v) is 8.03. The molecule has 0 radical (unpaired) electrons. The van der Waals surface area contributed by atoms with Crippen molar-refractivity contribution in [3.05, 3.63) is 48.3 Å². The standard InChI is InChI=1S/C22H27N5O2/c28-21(16-6-3-7-18(13-16)25-19-10-11-23-24-14-19)27-20(12-15-4-1-2-5-15)22(29)26-17-8-9-17/h3,6-7,10-11,13-15,17,20H,1-2,4-5,8-9,12H2,(H,23,25)(H,26,29)(H,27,28)/t20-/m0/s1. The predicted molar refractivity (Wildman–Crippen MR) is 111 cm³/mol. The van der Waals surface area contributed by atoms with E-state index in [1.807, 2.05) is 12.1 Å². The lowest BCUT2D eigenvalue weighted by atomic mass is 9.97. The molecule has 0 aliphatic heterocycles. The molecular weight excluding hydrogens is 366 g/mol. The van der Waals surface area contributed by atoms with Crippen LogP contribution in [-0.4, -0.2) is 34.1 Å². The largest absolute Gasteiger partial charge is 0.354 e. The Kier molecular flexibility index (Phi) is 6.03. The van der Waals surface area contributed by atoms with Crippen LogP contribution in [0.1, 0.15) is 55.3 Å². The minimum atomic E-state index is -0.479. The monoisotopic (exact) mass is 393 g/mol. The summed E-state index contributed by atoms with van der Waals surface area (Å²) in [6.07, 6.45) is 10.7. The smallest absolute Gasteiger partial charge is 0.252 e. The van der Waals surface area contributed by atoms with Crippen molar-refractivity contribution in [1.29, 1.82) is 0 Å². The van der Waals surface area contributed by atoms with Gasteiger partial charge in [-0.2, -0.15) is 10.2 Å². The van der Waals surface area contributed by atoms with Crippen LogP contribution in [0.2, 0.25) is 0 Å². The minimum absolute atomic E-state index is 0.0510. The Balaban J connectivity index is 1.43. The molecule has 0 saturated heterocycles. The van der Waals surface area contributed by atoms with Crippen molar-refractivity contribution in [1.82, 2.24) is 20.8 Å². The van der Waals surface area contributed by atoms with Gasteiger partial charge in [-0.3, -0.25) is 9.59 Å². The van der Waals surface area contributed by atoms with Gasteiger partial charge < -0.3 is 16.0 Å². The van der Waals surface area contributed by atoms with E-state index in [9.17, 15) is 9.59 Å². The van der Waals surface area contributed by atoms with Gasteiger partial charge in [-0.05, 0) is 49.4 Å². The van der Waals surface area contributed by atoms with E-state index in [1.54, 1.807) is 30.6 Å². The lowest BCUT2D eigenvalue weighted by molar-refractivity contribution is -0.123. The normalized spacial score (nSPS) is 17.5. The van der Waals surface area contributed by atoms with Crippen molar-refractivity contribution in [2.45, 2.75) is 57.0 Å². The molecule has 2 saturated carbocycles. The van der Waals surface area contributed by atoms with Gasteiger partial charge >= 0.3 is 0 Å². The molecule has 29 heavy (non-hydrogen) atoms. The summed E-state index contributed by atoms with van der Waals surface area (Å²) in [6, 6.07) is 8.85. The average molecular weight is 393 g/mol. The Hall–Kier alpha value is -2.96. The van der Waals surface area contributed by atoms with Crippen LogP contribution in [0.5, 0.6) is 0 Å². The first-order chi connectivity index (χ1) is 14.2. The highest BCUT2D eigenvalue weighted by Gasteiger charge is 2.31. The van der Waals surface area contributed by atoms with Crippen molar-refractivity contribution in [3.63, 3.8) is 0 Å². The molecule has 2 fully saturated rings. The first kappa shape index (κ1) is 19.4. The maximum Gasteiger partial charge on any atom is 0.252 e. The minimum Gasteiger partial charge on any atom is -0.354 e. The van der Waals surface area contributed by atoms with Gasteiger partial charge in [0.25, 0.3) is 5.91 Å². The highest BCUT2D eigenvalue weighted by atomic mass is 16.2. The van der Waals surface area contributed by atoms with E-state index in [2.05, 4.69) is 26.1 Å². The molecule has 0 bridgehead atoms. The second-order valence-electron chi connectivity index (χ2n) is 8.03. The van der Waals surface area contributed by atoms with Crippen molar-refractivity contribution in [2.24, 2.45) is 5.92 Å². The van der Waals surface area contributed by atoms with E-state index in [4.69, 9.17) is 0 Å². The van der Waals surface area contributed by atoms with Crippen LogP contribution in [0.25, 0.3) is 0 Å². The molecule has 2 aliphatic rings. The number of nitrogens with one attached hydrogen (secondary N) is 3. The van der Waals surface area contributed by atoms with Crippen LogP contribution in [-0.2, 0) is 4.79 Å². The zero-order chi connectivity index (χ0) is 20.1. The highest BCUT2D eigenvalue weighted by Crippen LogP contribution is 2.29. The zero-order valence-corrected chi connectivity index (χ0v) is 16.4. The summed E-state index contributed by atoms with van der Waals surface area (Å²) in [4.78, 5) is 25.6. The lowest BCUT2D eigenvalue weighted by Crippen LogP contribution is -2.48. The van der Waals surface area contributed by atoms with Crippen LogP contribution in [0.15, 0.2) is 42.7 Å². The Bertz CT molecular complexity index is 847. The molecular formula is C22H27N5O2. The van der Waals surface area contributed by atoms with Gasteiger partial charge in [0.15, 0.2) is 0 Å². The molecule has 7 nitrogen and oxygen atoms in total. The van der Waals surface area contributed by atoms with E-state index in [1.165, 1.54) is 12.8 Å². The number of hydrogen-bond donors (Lipinski definition) is 3. The molecule has 1 aromatic carbocycles. The van der Waals surface area contributed by atoms with Gasteiger partial charge in [-0.1, -0.05) is 31.7 Å². The van der Waals surface area contributed by atoms with Crippen LogP contribution < -0.4 is 16.0 Å². The quantitative estimate of drug-likeness (QED) is 0.640. The van der Waals surface area contributed by atoms with Gasteiger partial charge in [0.2, 0.25) is 5.91 Å². The van der Waals surface area contributed by atoms with Gasteiger partial charge in [0.1, 0.15) is 6.04 Å². The molecule has 2 aliphatic carbocycles. The summed E-state index contributed by atoms with van der Waals surface area (Å²) in [6.45, 7) is 0. The number of amides is 2. The second kappa shape index (κ2) is 9.03. The number of rotatable bonds is 8. The van der Waals surface area contributed by atoms with Gasteiger partial charge in [-0.25, -0.2) is 0 Å². The third kappa shape index (κ3) is 5.53. The number of nitrogens with zero attached hydrogens (tertiary/aromatic N) is 2. The maximum atomic E-state index is 12.9. The molecule has 1 heterocycles. The van der Waals surface area contributed by atoms with Gasteiger partial charge in [0.05, 0.1) is 18.1 Å². The summed E-state index contributed by atoms with van der Waals surface area (Å²) < 4.78 is 0. The third-order valence-electron chi connectivity index (χ3n) is 5.59. The molecule has 152 valence electrons. The fraction of sp³-hybridized carbons (Fsp3) is 0.455. The number of anilines is 2. The van der Waals surface area contributed by atoms with Crippen LogP contribution in [0, 0.1) is 5.92 Å². The van der Waals surface area contributed by atoms with Crippen molar-refractivity contribution in [2.75, 3.05) is 5.32 Å². The summed E-state index contributed by atoms with van der Waals surface area (Å²) in [5.41, 5.74) is 2.09. The topological polar surface area (TPSA) is 96.0 Å². The van der Waals surface area contributed by atoms with E-state index in [-0.39, 0.29) is 17.9 Å². The summed E-state index contributed by atoms with van der Waals surface area (Å²) >= 11 is 0. The molecule has 1 aromatic heterocycles. The highest BCUT2D eigenvalue weighted by molar-refractivity contribution is 5.98. The fourth-order valence-corrected chi connectivity index (χ4v) is 3.85. The Morgan fingerprint density at radius 1 is 1.03 bits per heavy atom. The third-order valence-corrected chi connectivity index (χ3v) is 5.59. The number of carbonyl (C=O) groups excluding carboxylic acids is 2. The van der Waals surface area contributed by atoms with Crippen molar-refractivity contribution >= 4 is 23.2 Å². The van der Waals surface area contributed by atoms with Crippen molar-refractivity contribution < 1.29 is 9.59 Å². The first-order valence-corrected chi connectivity index (χ1v) is 10.4. The van der Waals surface area contributed by atoms with E-state index < -0.39 is 6.04 Å². The number of aromatic nitrogens is 2. The number of benzene rings is 1. The van der Waals surface area contributed by atoms with Crippen LogP contribution in [0.3, 0.4) is 0 Å². The number of hydrogen-bond acceptors (Lipinski definition) is 5. The molecule has 4 rings (SSSR count). The molecule has 3 N–H and O–H groups in total. The molecule has 0 unspecified atom stereocenters. The average Bonchev–Trinajstić information content (AvgIpc) is 3.40. The zero-order valence-electron chi connectivity index (χ0n) is 16.4. The first-order valence-electron chi connectivity index (χ1n) is 10.4. The molecule has 2 amide bonds. The summed E-state index contributed by atoms with van der Waals surface area (Å²) in [5.74, 6) is 0.234. The van der Waals surface area contributed by atoms with Gasteiger partial charge in [-0.15, -0.1) is 0 Å². The predicted octanol–water partition coefficient (Wildman–Crippen LogP) is 3.18. The lowest BCUT2D eigenvalue weighted by Gasteiger charge is -2.21. The van der Waals surface area contributed by atoms with E-state index in [0.29, 0.717) is 17.9 Å².